The summed E-state index contributed by atoms with van der Waals surface area (Å²) in [5, 5.41) is 2.80. The van der Waals surface area contributed by atoms with Gasteiger partial charge in [-0.15, -0.1) is 0 Å². The Bertz CT molecular complexity index is 702. The summed E-state index contributed by atoms with van der Waals surface area (Å²) in [4.78, 5) is 23.5. The van der Waals surface area contributed by atoms with Crippen LogP contribution in [0, 0.1) is 3.57 Å². The van der Waals surface area contributed by atoms with Crippen LogP contribution in [-0.4, -0.2) is 25.1 Å². The number of halogens is 1. The van der Waals surface area contributed by atoms with E-state index in [-0.39, 0.29) is 12.5 Å². The van der Waals surface area contributed by atoms with E-state index in [0.29, 0.717) is 23.6 Å². The largest absolute Gasteiger partial charge is 0.482 e. The quantitative estimate of drug-likeness (QED) is 0.569. The number of ether oxygens (including phenoxy) is 2. The Balaban J connectivity index is 1.99. The van der Waals surface area contributed by atoms with E-state index in [9.17, 15) is 9.59 Å². The number of carbonyl (C=O) groups is 2. The minimum Gasteiger partial charge on any atom is -0.482 e. The van der Waals surface area contributed by atoms with Gasteiger partial charge in [0.25, 0.3) is 5.91 Å². The lowest BCUT2D eigenvalue weighted by Gasteiger charge is -2.09. The number of carbonyl (C=O) groups excluding carboxylic acids is 2. The van der Waals surface area contributed by atoms with Crippen LogP contribution in [0.3, 0.4) is 0 Å². The van der Waals surface area contributed by atoms with Crippen LogP contribution in [0.1, 0.15) is 17.3 Å². The number of hydrogen-bond acceptors (Lipinski definition) is 4. The van der Waals surface area contributed by atoms with Crippen molar-refractivity contribution in [1.82, 2.24) is 0 Å². The highest BCUT2D eigenvalue weighted by Gasteiger charge is 2.08. The topological polar surface area (TPSA) is 64.6 Å². The molecule has 0 radical (unpaired) electrons. The van der Waals surface area contributed by atoms with Gasteiger partial charge in [-0.25, -0.2) is 4.79 Å². The normalized spacial score (nSPS) is 10.0. The fourth-order valence-electron chi connectivity index (χ4n) is 1.84. The fourth-order valence-corrected chi connectivity index (χ4v) is 2.38. The van der Waals surface area contributed by atoms with Crippen molar-refractivity contribution < 1.29 is 19.1 Å². The summed E-state index contributed by atoms with van der Waals surface area (Å²) >= 11 is 2.16. The maximum absolute atomic E-state index is 12.2. The second kappa shape index (κ2) is 8.52. The van der Waals surface area contributed by atoms with Crippen LogP contribution in [-0.2, 0) is 9.53 Å². The van der Waals surface area contributed by atoms with E-state index in [1.807, 2.05) is 12.1 Å². The fraction of sp³-hybridized carbons (Fsp3) is 0.176. The first-order chi connectivity index (χ1) is 11.1. The molecular formula is C17H16INO4. The number of esters is 1. The minimum absolute atomic E-state index is 0.165. The summed E-state index contributed by atoms with van der Waals surface area (Å²) < 4.78 is 11.1. The molecule has 5 nitrogen and oxygen atoms in total. The predicted octanol–water partition coefficient (Wildman–Crippen LogP) is 3.49. The summed E-state index contributed by atoms with van der Waals surface area (Å²) in [5.74, 6) is -0.148. The van der Waals surface area contributed by atoms with Gasteiger partial charge in [0.05, 0.1) is 6.61 Å². The second-order valence-electron chi connectivity index (χ2n) is 4.59. The molecule has 0 unspecified atom stereocenters. The molecular weight excluding hydrogens is 409 g/mol. The third-order valence-corrected chi connectivity index (χ3v) is 3.51. The molecule has 0 aliphatic rings. The Kier molecular flexibility index (Phi) is 6.40. The standard InChI is InChI=1S/C17H16INO4/c1-2-22-16(20)11-23-15-8-4-7-14(10-15)19-17(21)12-5-3-6-13(18)9-12/h3-10H,2,11H2,1H3,(H,19,21). The lowest BCUT2D eigenvalue weighted by Crippen LogP contribution is -2.15. The van der Waals surface area contributed by atoms with Crippen molar-refractivity contribution in [3.05, 3.63) is 57.7 Å². The van der Waals surface area contributed by atoms with Gasteiger partial charge in [0.2, 0.25) is 0 Å². The molecule has 2 aromatic carbocycles. The zero-order valence-corrected chi connectivity index (χ0v) is 14.7. The molecule has 2 aromatic rings. The number of nitrogens with one attached hydrogen (secondary N) is 1. The van der Waals surface area contributed by atoms with E-state index in [2.05, 4.69) is 27.9 Å². The van der Waals surface area contributed by atoms with Crippen LogP contribution >= 0.6 is 22.6 Å². The van der Waals surface area contributed by atoms with Gasteiger partial charge < -0.3 is 14.8 Å². The molecule has 120 valence electrons. The monoisotopic (exact) mass is 425 g/mol. The van der Waals surface area contributed by atoms with Gasteiger partial charge in [0.1, 0.15) is 5.75 Å². The lowest BCUT2D eigenvalue weighted by atomic mass is 10.2. The van der Waals surface area contributed by atoms with Crippen molar-refractivity contribution in [2.45, 2.75) is 6.92 Å². The Morgan fingerprint density at radius 2 is 1.91 bits per heavy atom. The van der Waals surface area contributed by atoms with E-state index >= 15 is 0 Å². The Morgan fingerprint density at radius 3 is 2.65 bits per heavy atom. The van der Waals surface area contributed by atoms with Gasteiger partial charge in [-0.2, -0.15) is 0 Å². The summed E-state index contributed by atoms with van der Waals surface area (Å²) in [6, 6.07) is 14.2. The zero-order valence-electron chi connectivity index (χ0n) is 12.5. The van der Waals surface area contributed by atoms with Gasteiger partial charge in [-0.05, 0) is 59.8 Å². The summed E-state index contributed by atoms with van der Waals surface area (Å²) in [6.07, 6.45) is 0. The first kappa shape index (κ1) is 17.3. The van der Waals surface area contributed by atoms with E-state index < -0.39 is 5.97 Å². The molecule has 2 rings (SSSR count). The molecule has 0 atom stereocenters. The number of benzene rings is 2. The summed E-state index contributed by atoms with van der Waals surface area (Å²) in [6.45, 7) is 1.88. The van der Waals surface area contributed by atoms with Crippen molar-refractivity contribution in [1.29, 1.82) is 0 Å². The molecule has 0 aliphatic carbocycles. The summed E-state index contributed by atoms with van der Waals surface area (Å²) in [7, 11) is 0. The molecule has 0 saturated heterocycles. The molecule has 0 saturated carbocycles. The maximum Gasteiger partial charge on any atom is 0.344 e. The van der Waals surface area contributed by atoms with Crippen molar-refractivity contribution in [3.8, 4) is 5.75 Å². The predicted molar refractivity (Wildman–Crippen MR) is 95.7 cm³/mol. The second-order valence-corrected chi connectivity index (χ2v) is 5.83. The summed E-state index contributed by atoms with van der Waals surface area (Å²) in [5.41, 5.74) is 1.17. The number of amides is 1. The number of anilines is 1. The van der Waals surface area contributed by atoms with Gasteiger partial charge in [-0.3, -0.25) is 4.79 Å². The van der Waals surface area contributed by atoms with Crippen LogP contribution in [0.15, 0.2) is 48.5 Å². The first-order valence-corrected chi connectivity index (χ1v) is 8.11. The molecule has 0 spiro atoms. The molecule has 1 amide bonds. The van der Waals surface area contributed by atoms with Crippen molar-refractivity contribution in [2.75, 3.05) is 18.5 Å². The third-order valence-electron chi connectivity index (χ3n) is 2.84. The molecule has 0 aliphatic heterocycles. The highest BCUT2D eigenvalue weighted by Crippen LogP contribution is 2.18. The van der Waals surface area contributed by atoms with Gasteiger partial charge in [0, 0.05) is 20.9 Å². The number of rotatable bonds is 6. The van der Waals surface area contributed by atoms with E-state index in [1.54, 1.807) is 43.3 Å². The van der Waals surface area contributed by atoms with Crippen LogP contribution in [0.25, 0.3) is 0 Å². The van der Waals surface area contributed by atoms with Gasteiger partial charge in [0.15, 0.2) is 6.61 Å². The molecule has 1 N–H and O–H groups in total. The lowest BCUT2D eigenvalue weighted by molar-refractivity contribution is -0.145. The molecule has 0 heterocycles. The average Bonchev–Trinajstić information content (AvgIpc) is 2.53. The van der Waals surface area contributed by atoms with E-state index in [0.717, 1.165) is 3.57 Å². The molecule has 0 bridgehead atoms. The zero-order chi connectivity index (χ0) is 16.7. The smallest absolute Gasteiger partial charge is 0.344 e. The van der Waals surface area contributed by atoms with Crippen LogP contribution in [0.5, 0.6) is 5.75 Å². The SMILES string of the molecule is CCOC(=O)COc1cccc(NC(=O)c2cccc(I)c2)c1. The van der Waals surface area contributed by atoms with Gasteiger partial charge in [-0.1, -0.05) is 12.1 Å². The third kappa shape index (κ3) is 5.55. The van der Waals surface area contributed by atoms with Crippen molar-refractivity contribution >= 4 is 40.2 Å². The maximum atomic E-state index is 12.2. The molecule has 0 aromatic heterocycles. The average molecular weight is 425 g/mol. The van der Waals surface area contributed by atoms with Crippen molar-refractivity contribution in [2.24, 2.45) is 0 Å². The minimum atomic E-state index is -0.430. The molecule has 6 heteroatoms. The molecule has 0 fully saturated rings. The highest BCUT2D eigenvalue weighted by atomic mass is 127. The Labute approximate surface area is 148 Å². The van der Waals surface area contributed by atoms with E-state index in [4.69, 9.17) is 9.47 Å². The van der Waals surface area contributed by atoms with Crippen LogP contribution in [0.2, 0.25) is 0 Å². The van der Waals surface area contributed by atoms with E-state index in [1.165, 1.54) is 0 Å². The van der Waals surface area contributed by atoms with Crippen LogP contribution in [0.4, 0.5) is 5.69 Å². The molecule has 23 heavy (non-hydrogen) atoms. The van der Waals surface area contributed by atoms with Gasteiger partial charge >= 0.3 is 5.97 Å². The Hall–Kier alpha value is -2.09. The van der Waals surface area contributed by atoms with Crippen molar-refractivity contribution in [3.63, 3.8) is 0 Å². The van der Waals surface area contributed by atoms with Crippen LogP contribution < -0.4 is 10.1 Å². The highest BCUT2D eigenvalue weighted by molar-refractivity contribution is 14.1. The first-order valence-electron chi connectivity index (χ1n) is 7.04. The number of hydrogen-bond donors (Lipinski definition) is 1. The Morgan fingerprint density at radius 1 is 1.13 bits per heavy atom.